The van der Waals surface area contributed by atoms with Crippen molar-refractivity contribution in [2.24, 2.45) is 0 Å². The molecule has 2 heterocycles. The van der Waals surface area contributed by atoms with Crippen LogP contribution in [0.15, 0.2) is 16.8 Å². The highest BCUT2D eigenvalue weighted by Crippen LogP contribution is 2.25. The van der Waals surface area contributed by atoms with Gasteiger partial charge in [0.1, 0.15) is 4.66 Å². The van der Waals surface area contributed by atoms with Crippen molar-refractivity contribution in [1.29, 1.82) is 0 Å². The molecule has 0 aromatic carbocycles. The molecule has 0 amide bonds. The Labute approximate surface area is 133 Å². The first kappa shape index (κ1) is 16.4. The zero-order chi connectivity index (χ0) is 14.4. The molecule has 1 aromatic heterocycles. The second-order valence-electron chi connectivity index (χ2n) is 5.09. The molecular formula is C13H21BrN2O2S2. The summed E-state index contributed by atoms with van der Waals surface area (Å²) < 4.78 is 26.0. The summed E-state index contributed by atoms with van der Waals surface area (Å²) in [5.74, 6) is 0. The van der Waals surface area contributed by atoms with Gasteiger partial charge in [-0.05, 0) is 48.3 Å². The highest BCUT2D eigenvalue weighted by atomic mass is 79.9. The third-order valence-corrected chi connectivity index (χ3v) is 7.05. The SMILES string of the molecule is O=S(=O)(CBr)NCC(c1ccsc1)N1CCCCCC1. The number of nitrogens with zero attached hydrogens (tertiary/aromatic N) is 1. The first-order chi connectivity index (χ1) is 9.62. The van der Waals surface area contributed by atoms with Crippen LogP contribution in [0.5, 0.6) is 0 Å². The molecule has 4 nitrogen and oxygen atoms in total. The smallest absolute Gasteiger partial charge is 0.221 e. The van der Waals surface area contributed by atoms with Crippen molar-refractivity contribution in [1.82, 2.24) is 9.62 Å². The Morgan fingerprint density at radius 3 is 2.55 bits per heavy atom. The Hall–Kier alpha value is 0.0500. The predicted octanol–water partition coefficient (Wildman–Crippen LogP) is 2.94. The second-order valence-corrected chi connectivity index (χ2v) is 8.98. The van der Waals surface area contributed by atoms with Crippen molar-refractivity contribution < 1.29 is 8.42 Å². The van der Waals surface area contributed by atoms with E-state index in [1.54, 1.807) is 11.3 Å². The van der Waals surface area contributed by atoms with E-state index in [2.05, 4.69) is 42.4 Å². The zero-order valence-corrected chi connectivity index (χ0v) is 14.6. The van der Waals surface area contributed by atoms with Gasteiger partial charge in [-0.25, -0.2) is 13.1 Å². The fourth-order valence-corrected chi connectivity index (χ4v) is 4.26. The molecule has 0 spiro atoms. The molecule has 0 saturated carbocycles. The lowest BCUT2D eigenvalue weighted by molar-refractivity contribution is 0.206. The first-order valence-electron chi connectivity index (χ1n) is 6.92. The number of likely N-dealkylation sites (tertiary alicyclic amines) is 1. The molecule has 0 radical (unpaired) electrons. The molecule has 20 heavy (non-hydrogen) atoms. The summed E-state index contributed by atoms with van der Waals surface area (Å²) in [6.07, 6.45) is 4.96. The quantitative estimate of drug-likeness (QED) is 0.771. The predicted molar refractivity (Wildman–Crippen MR) is 87.8 cm³/mol. The number of thiophene rings is 1. The number of halogens is 1. The molecular weight excluding hydrogens is 360 g/mol. The van der Waals surface area contributed by atoms with E-state index in [1.807, 2.05) is 0 Å². The fraction of sp³-hybridized carbons (Fsp3) is 0.692. The number of hydrogen-bond acceptors (Lipinski definition) is 4. The lowest BCUT2D eigenvalue weighted by Crippen LogP contribution is -2.38. The topological polar surface area (TPSA) is 49.4 Å². The summed E-state index contributed by atoms with van der Waals surface area (Å²) in [6, 6.07) is 2.25. The molecule has 0 bridgehead atoms. The Morgan fingerprint density at radius 1 is 1.30 bits per heavy atom. The van der Waals surface area contributed by atoms with Gasteiger partial charge in [0.2, 0.25) is 10.0 Å². The number of rotatable bonds is 6. The molecule has 1 atom stereocenters. The Morgan fingerprint density at radius 2 is 2.00 bits per heavy atom. The van der Waals surface area contributed by atoms with Crippen molar-refractivity contribution in [3.8, 4) is 0 Å². The molecule has 1 fully saturated rings. The molecule has 1 unspecified atom stereocenters. The van der Waals surface area contributed by atoms with E-state index in [-0.39, 0.29) is 10.7 Å². The van der Waals surface area contributed by atoms with Crippen LogP contribution in [-0.4, -0.2) is 37.6 Å². The second kappa shape index (κ2) is 7.89. The summed E-state index contributed by atoms with van der Waals surface area (Å²) in [5, 5.41) is 4.18. The van der Waals surface area contributed by atoms with E-state index in [9.17, 15) is 8.42 Å². The summed E-state index contributed by atoms with van der Waals surface area (Å²) >= 11 is 4.68. The minimum absolute atomic E-state index is 0.0453. The average Bonchev–Trinajstić information content (AvgIpc) is 2.82. The maximum absolute atomic E-state index is 11.7. The van der Waals surface area contributed by atoms with Gasteiger partial charge in [-0.2, -0.15) is 11.3 Å². The van der Waals surface area contributed by atoms with Crippen LogP contribution in [-0.2, 0) is 10.0 Å². The van der Waals surface area contributed by atoms with E-state index in [4.69, 9.17) is 0 Å². The van der Waals surface area contributed by atoms with Crippen LogP contribution in [0.25, 0.3) is 0 Å². The van der Waals surface area contributed by atoms with Crippen LogP contribution in [0.2, 0.25) is 0 Å². The highest BCUT2D eigenvalue weighted by molar-refractivity contribution is 9.10. The van der Waals surface area contributed by atoms with E-state index < -0.39 is 10.0 Å². The van der Waals surface area contributed by atoms with Gasteiger partial charge in [0, 0.05) is 12.6 Å². The van der Waals surface area contributed by atoms with Gasteiger partial charge >= 0.3 is 0 Å². The number of hydrogen-bond donors (Lipinski definition) is 1. The molecule has 7 heteroatoms. The molecule has 1 aromatic rings. The number of sulfonamides is 1. The largest absolute Gasteiger partial charge is 0.295 e. The molecule has 0 aliphatic carbocycles. The highest BCUT2D eigenvalue weighted by Gasteiger charge is 2.23. The Kier molecular flexibility index (Phi) is 6.48. The van der Waals surface area contributed by atoms with E-state index >= 15 is 0 Å². The zero-order valence-electron chi connectivity index (χ0n) is 11.4. The van der Waals surface area contributed by atoms with E-state index in [0.717, 1.165) is 13.1 Å². The minimum atomic E-state index is -3.21. The lowest BCUT2D eigenvalue weighted by Gasteiger charge is -2.30. The minimum Gasteiger partial charge on any atom is -0.295 e. The fourth-order valence-electron chi connectivity index (χ4n) is 2.57. The van der Waals surface area contributed by atoms with Crippen molar-refractivity contribution >= 4 is 37.3 Å². The summed E-state index contributed by atoms with van der Waals surface area (Å²) in [6.45, 7) is 2.55. The Balaban J connectivity index is 2.08. The molecule has 1 N–H and O–H groups in total. The monoisotopic (exact) mass is 380 g/mol. The van der Waals surface area contributed by atoms with Gasteiger partial charge < -0.3 is 0 Å². The molecule has 1 saturated heterocycles. The van der Waals surface area contributed by atoms with Crippen LogP contribution in [0.1, 0.15) is 37.3 Å². The maximum Gasteiger partial charge on any atom is 0.221 e. The van der Waals surface area contributed by atoms with Gasteiger partial charge in [0.15, 0.2) is 0 Å². The van der Waals surface area contributed by atoms with Gasteiger partial charge in [-0.1, -0.05) is 28.8 Å². The number of nitrogens with one attached hydrogen (secondary N) is 1. The normalized spacial score (nSPS) is 19.6. The summed E-state index contributed by atoms with van der Waals surface area (Å²) in [4.78, 5) is 2.42. The molecule has 114 valence electrons. The third-order valence-electron chi connectivity index (χ3n) is 3.65. The standard InChI is InChI=1S/C13H21BrN2O2S2/c14-11-20(17,18)15-9-13(12-5-8-19-10-12)16-6-3-1-2-4-7-16/h5,8,10,13,15H,1-4,6-7,9,11H2. The van der Waals surface area contributed by atoms with Gasteiger partial charge in [-0.3, -0.25) is 4.90 Å². The van der Waals surface area contributed by atoms with Gasteiger partial charge in [0.25, 0.3) is 0 Å². The van der Waals surface area contributed by atoms with Crippen LogP contribution < -0.4 is 4.72 Å². The lowest BCUT2D eigenvalue weighted by atomic mass is 10.1. The summed E-state index contributed by atoms with van der Waals surface area (Å²) in [5.41, 5.74) is 1.22. The van der Waals surface area contributed by atoms with Crippen LogP contribution >= 0.6 is 27.3 Å². The van der Waals surface area contributed by atoms with Crippen molar-refractivity contribution in [2.45, 2.75) is 31.7 Å². The number of alkyl halides is 1. The Bertz CT molecular complexity index is 482. The molecule has 1 aliphatic heterocycles. The maximum atomic E-state index is 11.7. The van der Waals surface area contributed by atoms with Crippen molar-refractivity contribution in [2.75, 3.05) is 24.3 Å². The van der Waals surface area contributed by atoms with Crippen molar-refractivity contribution in [3.05, 3.63) is 22.4 Å². The van der Waals surface area contributed by atoms with Crippen LogP contribution in [0.3, 0.4) is 0 Å². The van der Waals surface area contributed by atoms with Crippen LogP contribution in [0.4, 0.5) is 0 Å². The van der Waals surface area contributed by atoms with E-state index in [0.29, 0.717) is 6.54 Å². The average molecular weight is 381 g/mol. The third kappa shape index (κ3) is 4.80. The van der Waals surface area contributed by atoms with Gasteiger partial charge in [-0.15, -0.1) is 0 Å². The van der Waals surface area contributed by atoms with E-state index in [1.165, 1.54) is 31.2 Å². The summed E-state index contributed by atoms with van der Waals surface area (Å²) in [7, 11) is -3.21. The van der Waals surface area contributed by atoms with Gasteiger partial charge in [0.05, 0.1) is 0 Å². The van der Waals surface area contributed by atoms with Crippen molar-refractivity contribution in [3.63, 3.8) is 0 Å². The first-order valence-corrected chi connectivity index (χ1v) is 10.6. The molecule has 2 rings (SSSR count). The van der Waals surface area contributed by atoms with Crippen LogP contribution in [0, 0.1) is 0 Å². The molecule has 1 aliphatic rings.